The van der Waals surface area contributed by atoms with Crippen molar-refractivity contribution in [3.05, 3.63) is 52.6 Å². The molecule has 5 nitrogen and oxygen atoms in total. The van der Waals surface area contributed by atoms with Gasteiger partial charge in [-0.1, -0.05) is 11.6 Å². The van der Waals surface area contributed by atoms with Crippen LogP contribution < -0.4 is 10.8 Å². The van der Waals surface area contributed by atoms with Crippen LogP contribution >= 0.6 is 11.6 Å². The third-order valence-electron chi connectivity index (χ3n) is 5.15. The van der Waals surface area contributed by atoms with Crippen molar-refractivity contribution in [3.63, 3.8) is 0 Å². The molecule has 0 saturated carbocycles. The van der Waals surface area contributed by atoms with Crippen LogP contribution in [0.25, 0.3) is 0 Å². The largest absolute Gasteiger partial charge is 0.497 e. The van der Waals surface area contributed by atoms with Gasteiger partial charge in [0, 0.05) is 17.3 Å². The highest BCUT2D eigenvalue weighted by Gasteiger charge is 2.52. The zero-order valence-corrected chi connectivity index (χ0v) is 17.3. The Kier molecular flexibility index (Phi) is 5.64. The van der Waals surface area contributed by atoms with Crippen LogP contribution in [0, 0.1) is 5.82 Å². The van der Waals surface area contributed by atoms with E-state index in [2.05, 4.69) is 10.3 Å². The number of amides is 1. The first-order chi connectivity index (χ1) is 13.7. The van der Waals surface area contributed by atoms with Gasteiger partial charge in [0.1, 0.15) is 11.5 Å². The number of anilines is 1. The zero-order valence-electron chi connectivity index (χ0n) is 16.5. The third kappa shape index (κ3) is 4.31. The van der Waals surface area contributed by atoms with Crippen LogP contribution in [0.1, 0.15) is 43.7 Å². The molecule has 1 aromatic heterocycles. The van der Waals surface area contributed by atoms with Crippen LogP contribution in [0.3, 0.4) is 0 Å². The lowest BCUT2D eigenvalue weighted by atomic mass is 9.78. The van der Waals surface area contributed by atoms with Crippen LogP contribution in [-0.2, 0) is 15.5 Å². The van der Waals surface area contributed by atoms with Crippen LogP contribution in [0.2, 0.25) is 5.02 Å². The summed E-state index contributed by atoms with van der Waals surface area (Å²) in [4.78, 5) is 15.7. The maximum Gasteiger partial charge on any atom is 0.497 e. The predicted molar refractivity (Wildman–Crippen MR) is 104 cm³/mol. The van der Waals surface area contributed by atoms with Crippen LogP contribution in [0.5, 0.6) is 0 Å². The highest BCUT2D eigenvalue weighted by Crippen LogP contribution is 2.37. The number of hydrogen-bond donors (Lipinski definition) is 1. The van der Waals surface area contributed by atoms with E-state index < -0.39 is 41.9 Å². The number of carbonyl (C=O) groups excluding carboxylic acids is 1. The molecule has 1 N–H and O–H groups in total. The lowest BCUT2D eigenvalue weighted by molar-refractivity contribution is -0.141. The Morgan fingerprint density at radius 3 is 2.30 bits per heavy atom. The standard InChI is InChI=1S/C19H18BClF4N2O3/c1-17(2)18(3,4)30-20(29-17)12-9-13(21)11(8-14(12)22)16(28)27-10-5-6-26-15(7-10)19(23,24)25/h5-9H,1-4H3,(H,26,27,28). The van der Waals surface area contributed by atoms with Gasteiger partial charge in [-0.2, -0.15) is 13.2 Å². The second-order valence-corrected chi connectivity index (χ2v) is 8.23. The SMILES string of the molecule is CC1(C)OB(c2cc(Cl)c(C(=O)Nc3ccnc(C(F)(F)F)c3)cc2F)OC1(C)C. The molecule has 1 saturated heterocycles. The van der Waals surface area contributed by atoms with Crippen LogP contribution in [0.15, 0.2) is 30.5 Å². The number of hydrogen-bond acceptors (Lipinski definition) is 4. The fourth-order valence-corrected chi connectivity index (χ4v) is 3.01. The first-order valence-corrected chi connectivity index (χ1v) is 9.28. The third-order valence-corrected chi connectivity index (χ3v) is 5.46. The first kappa shape index (κ1) is 22.5. The topological polar surface area (TPSA) is 60.5 Å². The summed E-state index contributed by atoms with van der Waals surface area (Å²) in [5.41, 5.74) is -2.98. The van der Waals surface area contributed by atoms with Gasteiger partial charge in [0.05, 0.1) is 21.8 Å². The monoisotopic (exact) mass is 444 g/mol. The molecule has 160 valence electrons. The van der Waals surface area contributed by atoms with E-state index in [1.165, 1.54) is 12.1 Å². The molecule has 0 radical (unpaired) electrons. The molecule has 1 aliphatic heterocycles. The number of benzene rings is 1. The highest BCUT2D eigenvalue weighted by molar-refractivity contribution is 6.62. The summed E-state index contributed by atoms with van der Waals surface area (Å²) in [5, 5.41) is 2.15. The Balaban J connectivity index is 1.85. The molecule has 0 aliphatic carbocycles. The van der Waals surface area contributed by atoms with E-state index in [-0.39, 0.29) is 21.7 Å². The van der Waals surface area contributed by atoms with Gasteiger partial charge in [0.2, 0.25) is 0 Å². The normalized spacial score (nSPS) is 17.8. The fraction of sp³-hybridized carbons (Fsp3) is 0.368. The smallest absolute Gasteiger partial charge is 0.399 e. The second-order valence-electron chi connectivity index (χ2n) is 7.82. The Labute approximate surface area is 175 Å². The summed E-state index contributed by atoms with van der Waals surface area (Å²) in [7, 11) is -1.03. The summed E-state index contributed by atoms with van der Waals surface area (Å²) in [6.45, 7) is 7.22. The van der Waals surface area contributed by atoms with Crippen molar-refractivity contribution in [1.29, 1.82) is 0 Å². The average Bonchev–Trinajstić information content (AvgIpc) is 2.83. The van der Waals surface area contributed by atoms with E-state index in [1.54, 1.807) is 27.7 Å². The van der Waals surface area contributed by atoms with Gasteiger partial charge in [-0.3, -0.25) is 9.78 Å². The van der Waals surface area contributed by atoms with Gasteiger partial charge in [-0.15, -0.1) is 0 Å². The lowest BCUT2D eigenvalue weighted by Crippen LogP contribution is -2.41. The molecular weight excluding hydrogens is 426 g/mol. The Bertz CT molecular complexity index is 982. The molecule has 0 spiro atoms. The van der Waals surface area contributed by atoms with Crippen molar-refractivity contribution >= 4 is 35.8 Å². The van der Waals surface area contributed by atoms with Gasteiger partial charge in [-0.05, 0) is 52.0 Å². The number of rotatable bonds is 3. The molecule has 2 heterocycles. The quantitative estimate of drug-likeness (QED) is 0.561. The molecule has 1 fully saturated rings. The summed E-state index contributed by atoms with van der Waals surface area (Å²) in [6, 6.07) is 3.95. The molecule has 0 bridgehead atoms. The number of carbonyl (C=O) groups is 1. The van der Waals surface area contributed by atoms with Gasteiger partial charge in [0.15, 0.2) is 0 Å². The maximum atomic E-state index is 14.7. The van der Waals surface area contributed by atoms with Gasteiger partial charge in [-0.25, -0.2) is 4.39 Å². The molecule has 1 amide bonds. The van der Waals surface area contributed by atoms with E-state index in [0.29, 0.717) is 6.07 Å². The predicted octanol–water partition coefficient (Wildman–Crippen LogP) is 4.44. The maximum absolute atomic E-state index is 14.7. The minimum Gasteiger partial charge on any atom is -0.399 e. The van der Waals surface area contributed by atoms with Gasteiger partial charge >= 0.3 is 13.3 Å². The highest BCUT2D eigenvalue weighted by atomic mass is 35.5. The first-order valence-electron chi connectivity index (χ1n) is 8.90. The number of halogens is 5. The summed E-state index contributed by atoms with van der Waals surface area (Å²) < 4.78 is 64.7. The van der Waals surface area contributed by atoms with Crippen LogP contribution in [0.4, 0.5) is 23.2 Å². The molecule has 3 rings (SSSR count). The molecule has 11 heteroatoms. The van der Waals surface area contributed by atoms with Crippen molar-refractivity contribution in [2.75, 3.05) is 5.32 Å². The fourth-order valence-electron chi connectivity index (χ4n) is 2.75. The average molecular weight is 445 g/mol. The van der Waals surface area contributed by atoms with Gasteiger partial charge < -0.3 is 14.6 Å². The van der Waals surface area contributed by atoms with Crippen LogP contribution in [-0.4, -0.2) is 29.2 Å². The second kappa shape index (κ2) is 7.51. The number of aromatic nitrogens is 1. The summed E-state index contributed by atoms with van der Waals surface area (Å²) in [6.07, 6.45) is -3.77. The lowest BCUT2D eigenvalue weighted by Gasteiger charge is -2.32. The molecule has 1 aromatic carbocycles. The molecule has 0 atom stereocenters. The van der Waals surface area contributed by atoms with Crippen molar-refractivity contribution in [1.82, 2.24) is 4.98 Å². The number of nitrogens with zero attached hydrogens (tertiary/aromatic N) is 1. The molecule has 1 aliphatic rings. The number of alkyl halides is 3. The number of pyridine rings is 1. The zero-order chi connectivity index (χ0) is 22.5. The molecule has 0 unspecified atom stereocenters. The molecule has 30 heavy (non-hydrogen) atoms. The summed E-state index contributed by atoms with van der Waals surface area (Å²) in [5.74, 6) is -1.67. The number of nitrogens with one attached hydrogen (secondary N) is 1. The summed E-state index contributed by atoms with van der Waals surface area (Å²) >= 11 is 6.16. The minimum atomic E-state index is -4.67. The van der Waals surface area contributed by atoms with E-state index in [0.717, 1.165) is 12.3 Å². The van der Waals surface area contributed by atoms with Crippen molar-refractivity contribution in [2.24, 2.45) is 0 Å². The molecular formula is C19H18BClF4N2O3. The van der Waals surface area contributed by atoms with Gasteiger partial charge in [0.25, 0.3) is 5.91 Å². The van der Waals surface area contributed by atoms with Crippen molar-refractivity contribution in [2.45, 2.75) is 45.1 Å². The Morgan fingerprint density at radius 1 is 1.13 bits per heavy atom. The van der Waals surface area contributed by atoms with E-state index in [4.69, 9.17) is 20.9 Å². The van der Waals surface area contributed by atoms with E-state index in [9.17, 15) is 22.4 Å². The van der Waals surface area contributed by atoms with E-state index in [1.807, 2.05) is 0 Å². The van der Waals surface area contributed by atoms with Crippen molar-refractivity contribution < 1.29 is 31.7 Å². The Morgan fingerprint density at radius 2 is 1.73 bits per heavy atom. The van der Waals surface area contributed by atoms with E-state index >= 15 is 0 Å². The van der Waals surface area contributed by atoms with Crippen molar-refractivity contribution in [3.8, 4) is 0 Å². The minimum absolute atomic E-state index is 0.0125. The Hall–Kier alpha value is -2.17. The molecule has 2 aromatic rings.